The minimum atomic E-state index is -0.496. The molecule has 0 bridgehead atoms. The zero-order chi connectivity index (χ0) is 22.0. The fourth-order valence-electron chi connectivity index (χ4n) is 4.66. The number of hydrogen-bond donors (Lipinski definition) is 0. The second-order valence-electron chi connectivity index (χ2n) is 8.00. The lowest BCUT2D eigenvalue weighted by atomic mass is 9.76. The van der Waals surface area contributed by atoms with Gasteiger partial charge < -0.3 is 18.6 Å². The van der Waals surface area contributed by atoms with Crippen molar-refractivity contribution in [3.8, 4) is 0 Å². The molecular weight excluding hydrogens is 418 g/mol. The fourth-order valence-corrected chi connectivity index (χ4v) is 5.40. The summed E-state index contributed by atoms with van der Waals surface area (Å²) in [5.41, 5.74) is -0.496. The summed E-state index contributed by atoms with van der Waals surface area (Å²) in [4.78, 5) is 29.2. The Morgan fingerprint density at radius 3 is 2.84 bits per heavy atom. The van der Waals surface area contributed by atoms with E-state index in [0.717, 1.165) is 29.1 Å². The van der Waals surface area contributed by atoms with Crippen molar-refractivity contribution in [1.29, 1.82) is 0 Å². The highest BCUT2D eigenvalue weighted by molar-refractivity contribution is 7.99. The first-order valence-electron chi connectivity index (χ1n) is 10.3. The zero-order valence-corrected chi connectivity index (χ0v) is 18.6. The Balaban J connectivity index is 1.41. The molecule has 2 aromatic heterocycles. The normalized spacial score (nSPS) is 21.0. The number of rotatable bonds is 7. The molecule has 1 spiro atoms. The molecule has 4 rings (SSSR count). The molecule has 0 radical (unpaired) electrons. The molecule has 0 N–H and O–H groups in total. The minimum Gasteiger partial charge on any atom is -0.469 e. The predicted molar refractivity (Wildman–Crippen MR) is 113 cm³/mol. The quantitative estimate of drug-likeness (QED) is 0.473. The van der Waals surface area contributed by atoms with Gasteiger partial charge in [0, 0.05) is 33.1 Å². The Labute approximate surface area is 185 Å². The van der Waals surface area contributed by atoms with Crippen molar-refractivity contribution in [2.45, 2.75) is 41.6 Å². The van der Waals surface area contributed by atoms with Crippen LogP contribution in [0, 0.1) is 5.92 Å². The van der Waals surface area contributed by atoms with Gasteiger partial charge in [-0.05, 0) is 36.7 Å². The number of methoxy groups -OCH3 is 1. The van der Waals surface area contributed by atoms with Crippen molar-refractivity contribution in [1.82, 2.24) is 24.6 Å². The minimum absolute atomic E-state index is 0.000209. The lowest BCUT2D eigenvalue weighted by Gasteiger charge is -2.46. The summed E-state index contributed by atoms with van der Waals surface area (Å²) in [6.07, 6.45) is 5.02. The Morgan fingerprint density at radius 2 is 2.19 bits per heavy atom. The molecule has 31 heavy (non-hydrogen) atoms. The Kier molecular flexibility index (Phi) is 6.19. The van der Waals surface area contributed by atoms with Crippen LogP contribution in [0.3, 0.4) is 0 Å². The molecule has 10 heteroatoms. The van der Waals surface area contributed by atoms with Gasteiger partial charge in [0.1, 0.15) is 12.1 Å². The van der Waals surface area contributed by atoms with Crippen molar-refractivity contribution in [2.75, 3.05) is 26.7 Å². The predicted octanol–water partition coefficient (Wildman–Crippen LogP) is 2.10. The van der Waals surface area contributed by atoms with Crippen molar-refractivity contribution in [2.24, 2.45) is 13.0 Å². The summed E-state index contributed by atoms with van der Waals surface area (Å²) in [6.45, 7) is 6.44. The number of carbonyl (C=O) groups is 2. The van der Waals surface area contributed by atoms with Crippen LogP contribution in [0.5, 0.6) is 0 Å². The van der Waals surface area contributed by atoms with Crippen molar-refractivity contribution in [3.63, 3.8) is 0 Å². The number of aryl methyl sites for hydroxylation is 1. The van der Waals surface area contributed by atoms with Crippen LogP contribution in [0.15, 0.2) is 45.8 Å². The maximum Gasteiger partial charge on any atom is 0.311 e. The van der Waals surface area contributed by atoms with Crippen molar-refractivity contribution < 1.29 is 18.7 Å². The molecule has 0 saturated carbocycles. The molecule has 1 atom stereocenters. The molecule has 2 saturated heterocycles. The van der Waals surface area contributed by atoms with Crippen molar-refractivity contribution in [3.05, 3.63) is 36.9 Å². The van der Waals surface area contributed by atoms with E-state index in [1.807, 2.05) is 28.6 Å². The number of nitrogens with zero attached hydrogens (tertiary/aromatic N) is 5. The fraction of sp³-hybridized carbons (Fsp3) is 0.524. The third-order valence-electron chi connectivity index (χ3n) is 6.26. The van der Waals surface area contributed by atoms with E-state index in [1.54, 1.807) is 12.4 Å². The van der Waals surface area contributed by atoms with Crippen LogP contribution in [-0.4, -0.2) is 68.7 Å². The van der Waals surface area contributed by atoms with Gasteiger partial charge in [0.25, 0.3) is 0 Å². The van der Waals surface area contributed by atoms with Crippen molar-refractivity contribution >= 4 is 23.6 Å². The number of aromatic nitrogens is 3. The molecule has 2 aliphatic heterocycles. The van der Waals surface area contributed by atoms with Gasteiger partial charge in [0.15, 0.2) is 10.2 Å². The molecule has 4 heterocycles. The largest absolute Gasteiger partial charge is 0.469 e. The van der Waals surface area contributed by atoms with Crippen LogP contribution < -0.4 is 0 Å². The topological polar surface area (TPSA) is 93.7 Å². The number of ether oxygens (including phenoxy) is 1. The standard InChI is InChI=1S/C21H27N5O4S/c1-4-9-26-17(27)12-16(19(28)29-3)21(26)7-10-25(11-8-21)13-15-5-6-18(30-15)31-20-23-22-14-24(20)2/h4-6,14,16H,1,7-13H2,2-3H3. The summed E-state index contributed by atoms with van der Waals surface area (Å²) in [5.74, 6) is 0.144. The van der Waals surface area contributed by atoms with E-state index in [0.29, 0.717) is 25.9 Å². The average Bonchev–Trinajstić information content (AvgIpc) is 3.45. The molecule has 9 nitrogen and oxygen atoms in total. The first-order chi connectivity index (χ1) is 15.0. The van der Waals surface area contributed by atoms with Gasteiger partial charge in [-0.15, -0.1) is 16.8 Å². The first-order valence-corrected chi connectivity index (χ1v) is 11.1. The SMILES string of the molecule is C=CCN1C(=O)CC(C(=O)OC)C12CCN(Cc1ccc(Sc3nncn3C)o1)CC2. The summed E-state index contributed by atoms with van der Waals surface area (Å²) in [7, 11) is 3.28. The monoisotopic (exact) mass is 445 g/mol. The Morgan fingerprint density at radius 1 is 1.42 bits per heavy atom. The summed E-state index contributed by atoms with van der Waals surface area (Å²) < 4.78 is 12.8. The lowest BCUT2D eigenvalue weighted by molar-refractivity contribution is -0.150. The third kappa shape index (κ3) is 4.14. The second kappa shape index (κ2) is 8.88. The molecule has 0 aromatic carbocycles. The number of amides is 1. The van der Waals surface area contributed by atoms with E-state index in [4.69, 9.17) is 9.15 Å². The molecule has 2 aliphatic rings. The van der Waals surface area contributed by atoms with E-state index in [1.165, 1.54) is 18.9 Å². The van der Waals surface area contributed by atoms with E-state index in [-0.39, 0.29) is 18.3 Å². The average molecular weight is 446 g/mol. The zero-order valence-electron chi connectivity index (χ0n) is 17.8. The Hall–Kier alpha value is -2.59. The van der Waals surface area contributed by atoms with Crippen LogP contribution in [0.4, 0.5) is 0 Å². The van der Waals surface area contributed by atoms with Crippen LogP contribution >= 0.6 is 11.8 Å². The van der Waals surface area contributed by atoms with Crippen LogP contribution in [0.1, 0.15) is 25.0 Å². The molecule has 2 aromatic rings. The summed E-state index contributed by atoms with van der Waals surface area (Å²) in [6, 6.07) is 3.91. The van der Waals surface area contributed by atoms with Crippen LogP contribution in [0.25, 0.3) is 0 Å². The molecule has 166 valence electrons. The van der Waals surface area contributed by atoms with Crippen LogP contribution in [-0.2, 0) is 27.9 Å². The number of likely N-dealkylation sites (tertiary alicyclic amines) is 2. The number of esters is 1. The molecule has 1 unspecified atom stereocenters. The van der Waals surface area contributed by atoms with Gasteiger partial charge in [-0.3, -0.25) is 14.5 Å². The van der Waals surface area contributed by atoms with Gasteiger partial charge in [-0.25, -0.2) is 0 Å². The molecule has 1 amide bonds. The number of carbonyl (C=O) groups excluding carboxylic acids is 2. The highest BCUT2D eigenvalue weighted by Gasteiger charge is 2.56. The van der Waals surface area contributed by atoms with E-state index in [2.05, 4.69) is 21.7 Å². The first kappa shape index (κ1) is 21.6. The van der Waals surface area contributed by atoms with Gasteiger partial charge in [0.05, 0.1) is 25.1 Å². The number of furan rings is 1. The van der Waals surface area contributed by atoms with Gasteiger partial charge in [0.2, 0.25) is 5.91 Å². The highest BCUT2D eigenvalue weighted by atomic mass is 32.2. The van der Waals surface area contributed by atoms with Crippen LogP contribution in [0.2, 0.25) is 0 Å². The van der Waals surface area contributed by atoms with E-state index >= 15 is 0 Å². The maximum atomic E-state index is 12.6. The highest BCUT2D eigenvalue weighted by Crippen LogP contribution is 2.44. The molecule has 0 aliphatic carbocycles. The van der Waals surface area contributed by atoms with Gasteiger partial charge in [-0.1, -0.05) is 6.08 Å². The van der Waals surface area contributed by atoms with E-state index < -0.39 is 11.5 Å². The van der Waals surface area contributed by atoms with Gasteiger partial charge >= 0.3 is 5.97 Å². The van der Waals surface area contributed by atoms with Gasteiger partial charge in [-0.2, -0.15) is 0 Å². The maximum absolute atomic E-state index is 12.6. The van der Waals surface area contributed by atoms with E-state index in [9.17, 15) is 9.59 Å². The molecular formula is C21H27N5O4S. The number of hydrogen-bond acceptors (Lipinski definition) is 8. The summed E-state index contributed by atoms with van der Waals surface area (Å²) >= 11 is 1.43. The second-order valence-corrected chi connectivity index (χ2v) is 8.97. The number of piperidine rings is 1. The smallest absolute Gasteiger partial charge is 0.311 e. The Bertz CT molecular complexity index is 963. The molecule has 2 fully saturated rings. The summed E-state index contributed by atoms with van der Waals surface area (Å²) in [5, 5.41) is 9.47. The third-order valence-corrected chi connectivity index (χ3v) is 7.24. The lowest BCUT2D eigenvalue weighted by Crippen LogP contribution is -2.57.